The minimum atomic E-state index is -3.91. The summed E-state index contributed by atoms with van der Waals surface area (Å²) in [6, 6.07) is 10.7. The van der Waals surface area contributed by atoms with Crippen LogP contribution < -0.4 is 10.5 Å². The molecule has 0 amide bonds. The van der Waals surface area contributed by atoms with Crippen molar-refractivity contribution in [2.24, 2.45) is 0 Å². The summed E-state index contributed by atoms with van der Waals surface area (Å²) in [5.74, 6) is -0.754. The highest BCUT2D eigenvalue weighted by Gasteiger charge is 2.19. The topological polar surface area (TPSA) is 72.2 Å². The van der Waals surface area contributed by atoms with E-state index in [0.717, 1.165) is 18.1 Å². The van der Waals surface area contributed by atoms with E-state index < -0.39 is 15.8 Å². The number of nitrogen functional groups attached to an aromatic ring is 1. The highest BCUT2D eigenvalue weighted by molar-refractivity contribution is 7.92. The number of nitrogens with two attached hydrogens (primary N) is 1. The van der Waals surface area contributed by atoms with Gasteiger partial charge >= 0.3 is 0 Å². The number of sulfonamides is 1. The number of halogens is 1. The lowest BCUT2D eigenvalue weighted by Gasteiger charge is -2.11. The Bertz CT molecular complexity index is 730. The predicted octanol–water partition coefficient (Wildman–Crippen LogP) is 2.77. The van der Waals surface area contributed by atoms with Crippen molar-refractivity contribution in [3.63, 3.8) is 0 Å². The summed E-state index contributed by atoms with van der Waals surface area (Å²) < 4.78 is 40.2. The molecule has 4 nitrogen and oxygen atoms in total. The van der Waals surface area contributed by atoms with Gasteiger partial charge in [-0.15, -0.1) is 0 Å². The van der Waals surface area contributed by atoms with E-state index in [0.29, 0.717) is 5.69 Å². The molecule has 0 aromatic heterocycles. The van der Waals surface area contributed by atoms with Crippen LogP contribution in [-0.2, 0) is 16.4 Å². The summed E-state index contributed by atoms with van der Waals surface area (Å²) in [4.78, 5) is -0.264. The second-order valence-corrected chi connectivity index (χ2v) is 5.96. The third kappa shape index (κ3) is 2.91. The Labute approximate surface area is 117 Å². The summed E-state index contributed by atoms with van der Waals surface area (Å²) in [5.41, 5.74) is 6.52. The first-order valence-corrected chi connectivity index (χ1v) is 7.58. The number of aryl methyl sites for hydroxylation is 1. The number of hydrogen-bond acceptors (Lipinski definition) is 3. The Morgan fingerprint density at radius 1 is 1.20 bits per heavy atom. The molecule has 0 aliphatic rings. The zero-order valence-electron chi connectivity index (χ0n) is 10.9. The highest BCUT2D eigenvalue weighted by Crippen LogP contribution is 2.24. The molecule has 0 aliphatic heterocycles. The summed E-state index contributed by atoms with van der Waals surface area (Å²) in [5, 5.41) is 0. The lowest BCUT2D eigenvalue weighted by molar-refractivity contribution is 0.597. The van der Waals surface area contributed by atoms with Crippen LogP contribution in [0.3, 0.4) is 0 Å². The van der Waals surface area contributed by atoms with E-state index in [1.54, 1.807) is 18.2 Å². The third-order valence-electron chi connectivity index (χ3n) is 2.89. The molecule has 106 valence electrons. The van der Waals surface area contributed by atoms with E-state index in [2.05, 4.69) is 4.72 Å². The van der Waals surface area contributed by atoms with Gasteiger partial charge in [0.15, 0.2) is 0 Å². The van der Waals surface area contributed by atoms with E-state index in [9.17, 15) is 12.8 Å². The van der Waals surface area contributed by atoms with Gasteiger partial charge in [-0.1, -0.05) is 25.1 Å². The maximum Gasteiger partial charge on any atom is 0.264 e. The van der Waals surface area contributed by atoms with Crippen LogP contribution in [0.5, 0.6) is 0 Å². The number of hydrogen-bond donors (Lipinski definition) is 2. The number of rotatable bonds is 4. The normalized spacial score (nSPS) is 11.3. The maximum atomic E-state index is 13.3. The molecule has 3 N–H and O–H groups in total. The molecule has 0 atom stereocenters. The number of nitrogens with one attached hydrogen (secondary N) is 1. The van der Waals surface area contributed by atoms with Crippen LogP contribution in [0.15, 0.2) is 47.4 Å². The van der Waals surface area contributed by atoms with E-state index >= 15 is 0 Å². The van der Waals surface area contributed by atoms with Gasteiger partial charge in [-0.3, -0.25) is 4.72 Å². The Balaban J connectivity index is 2.38. The summed E-state index contributed by atoms with van der Waals surface area (Å²) in [6.45, 7) is 1.97. The Kier molecular flexibility index (Phi) is 3.94. The molecule has 2 aromatic carbocycles. The molecule has 0 fully saturated rings. The van der Waals surface area contributed by atoms with Crippen molar-refractivity contribution in [1.29, 1.82) is 0 Å². The fraction of sp³-hybridized carbons (Fsp3) is 0.143. The van der Waals surface area contributed by atoms with Gasteiger partial charge in [0.05, 0.1) is 5.69 Å². The first-order valence-electron chi connectivity index (χ1n) is 6.10. The number of para-hydroxylation sites is 1. The minimum Gasteiger partial charge on any atom is -0.395 e. The van der Waals surface area contributed by atoms with Crippen LogP contribution in [-0.4, -0.2) is 8.42 Å². The van der Waals surface area contributed by atoms with Crippen molar-refractivity contribution < 1.29 is 12.8 Å². The Morgan fingerprint density at radius 2 is 1.90 bits per heavy atom. The van der Waals surface area contributed by atoms with Gasteiger partial charge in [0, 0.05) is 5.69 Å². The van der Waals surface area contributed by atoms with Gasteiger partial charge in [-0.05, 0) is 36.2 Å². The zero-order chi connectivity index (χ0) is 14.8. The molecular formula is C14H15FN2O2S. The number of benzene rings is 2. The minimum absolute atomic E-state index is 0.264. The maximum absolute atomic E-state index is 13.3. The Hall–Kier alpha value is -2.08. The monoisotopic (exact) mass is 294 g/mol. The molecule has 0 spiro atoms. The van der Waals surface area contributed by atoms with Crippen LogP contribution in [0, 0.1) is 5.82 Å². The molecule has 0 unspecified atom stereocenters. The molecule has 20 heavy (non-hydrogen) atoms. The molecule has 0 aliphatic carbocycles. The standard InChI is InChI=1S/C14H15FN2O2S/c1-2-10-5-3-6-11(9-10)17-20(18,19)13-8-4-7-12(15)14(13)16/h3-9,17H,2,16H2,1H3. The average molecular weight is 294 g/mol. The van der Waals surface area contributed by atoms with Gasteiger partial charge < -0.3 is 5.73 Å². The van der Waals surface area contributed by atoms with Crippen molar-refractivity contribution in [2.75, 3.05) is 10.5 Å². The van der Waals surface area contributed by atoms with Crippen molar-refractivity contribution >= 4 is 21.4 Å². The van der Waals surface area contributed by atoms with Gasteiger partial charge in [-0.25, -0.2) is 12.8 Å². The second-order valence-electron chi connectivity index (χ2n) is 4.31. The highest BCUT2D eigenvalue weighted by atomic mass is 32.2. The lowest BCUT2D eigenvalue weighted by Crippen LogP contribution is -2.15. The third-order valence-corrected chi connectivity index (χ3v) is 4.33. The first kappa shape index (κ1) is 14.3. The van der Waals surface area contributed by atoms with Crippen molar-refractivity contribution in [2.45, 2.75) is 18.2 Å². The smallest absolute Gasteiger partial charge is 0.264 e. The van der Waals surface area contributed by atoms with Crippen molar-refractivity contribution in [3.05, 3.63) is 53.8 Å². The summed E-state index contributed by atoms with van der Waals surface area (Å²) >= 11 is 0. The SMILES string of the molecule is CCc1cccc(NS(=O)(=O)c2cccc(F)c2N)c1. The van der Waals surface area contributed by atoms with Crippen LogP contribution in [0.4, 0.5) is 15.8 Å². The molecule has 2 aromatic rings. The fourth-order valence-corrected chi connectivity index (χ4v) is 3.01. The van der Waals surface area contributed by atoms with Gasteiger partial charge in [0.1, 0.15) is 10.7 Å². The zero-order valence-corrected chi connectivity index (χ0v) is 11.7. The lowest BCUT2D eigenvalue weighted by atomic mass is 10.1. The van der Waals surface area contributed by atoms with Gasteiger partial charge in [-0.2, -0.15) is 0 Å². The summed E-state index contributed by atoms with van der Waals surface area (Å²) in [6.07, 6.45) is 0.789. The molecule has 0 saturated carbocycles. The van der Waals surface area contributed by atoms with Crippen LogP contribution in [0.1, 0.15) is 12.5 Å². The largest absolute Gasteiger partial charge is 0.395 e. The summed E-state index contributed by atoms with van der Waals surface area (Å²) in [7, 11) is -3.91. The van der Waals surface area contributed by atoms with Crippen LogP contribution in [0.25, 0.3) is 0 Å². The second kappa shape index (κ2) is 5.50. The van der Waals surface area contributed by atoms with E-state index in [-0.39, 0.29) is 10.6 Å². The van der Waals surface area contributed by atoms with Crippen molar-refractivity contribution in [1.82, 2.24) is 0 Å². The van der Waals surface area contributed by atoms with Gasteiger partial charge in [0.25, 0.3) is 10.0 Å². The van der Waals surface area contributed by atoms with Gasteiger partial charge in [0.2, 0.25) is 0 Å². The molecule has 2 rings (SSSR count). The molecule has 0 bridgehead atoms. The molecular weight excluding hydrogens is 279 g/mol. The van der Waals surface area contributed by atoms with Crippen molar-refractivity contribution in [3.8, 4) is 0 Å². The molecule has 0 saturated heterocycles. The first-order chi connectivity index (χ1) is 9.44. The van der Waals surface area contributed by atoms with E-state index in [4.69, 9.17) is 5.73 Å². The van der Waals surface area contributed by atoms with Crippen LogP contribution in [0.2, 0.25) is 0 Å². The van der Waals surface area contributed by atoms with Crippen LogP contribution >= 0.6 is 0 Å². The molecule has 6 heteroatoms. The molecule has 0 radical (unpaired) electrons. The van der Waals surface area contributed by atoms with E-state index in [1.165, 1.54) is 12.1 Å². The average Bonchev–Trinajstić information content (AvgIpc) is 2.41. The quantitative estimate of drug-likeness (QED) is 0.852. The van der Waals surface area contributed by atoms with E-state index in [1.807, 2.05) is 13.0 Å². The number of anilines is 2. The Morgan fingerprint density at radius 3 is 2.60 bits per heavy atom. The predicted molar refractivity (Wildman–Crippen MR) is 77.4 cm³/mol. The molecule has 0 heterocycles. The fourth-order valence-electron chi connectivity index (χ4n) is 1.82.